The van der Waals surface area contributed by atoms with Gasteiger partial charge in [0.1, 0.15) is 0 Å². The van der Waals surface area contributed by atoms with E-state index in [1.165, 1.54) is 17.0 Å². The quantitative estimate of drug-likeness (QED) is 0.376. The van der Waals surface area contributed by atoms with Gasteiger partial charge in [-0.1, -0.05) is 18.6 Å². The monoisotopic (exact) mass is 624 g/mol. The summed E-state index contributed by atoms with van der Waals surface area (Å²) in [5, 5.41) is 3.14. The normalized spacial score (nSPS) is 19.1. The third-order valence-electron chi connectivity index (χ3n) is 8.41. The largest absolute Gasteiger partial charge is 0.477 e. The van der Waals surface area contributed by atoms with Crippen molar-refractivity contribution in [3.63, 3.8) is 0 Å². The average molecular weight is 625 g/mol. The number of nitrogens with one attached hydrogen (secondary N) is 1. The van der Waals surface area contributed by atoms with Crippen molar-refractivity contribution in [2.45, 2.75) is 51.9 Å². The summed E-state index contributed by atoms with van der Waals surface area (Å²) in [4.78, 5) is 42.2. The van der Waals surface area contributed by atoms with Crippen LogP contribution in [-0.4, -0.2) is 90.0 Å². The first kappa shape index (κ1) is 32.2. The van der Waals surface area contributed by atoms with Crippen LogP contribution in [0.25, 0.3) is 11.3 Å². The number of amides is 2. The number of alkyl halides is 3. The summed E-state index contributed by atoms with van der Waals surface area (Å²) in [6.07, 6.45) is -1.60. The van der Waals surface area contributed by atoms with Crippen LogP contribution in [-0.2, 0) is 6.18 Å². The second-order valence-electron chi connectivity index (χ2n) is 11.6. The molecule has 0 saturated carbocycles. The minimum Gasteiger partial charge on any atom is -0.477 e. The number of carbonyl (C=O) groups is 2. The predicted molar refractivity (Wildman–Crippen MR) is 166 cm³/mol. The minimum absolute atomic E-state index is 0.0213. The molecule has 4 heterocycles. The highest BCUT2D eigenvalue weighted by atomic mass is 19.4. The molecule has 0 unspecified atom stereocenters. The third-order valence-corrected chi connectivity index (χ3v) is 8.41. The number of carbonyl (C=O) groups excluding carboxylic acids is 2. The molecule has 2 aliphatic rings. The fourth-order valence-corrected chi connectivity index (χ4v) is 6.10. The lowest BCUT2D eigenvalue weighted by Gasteiger charge is -2.43. The van der Waals surface area contributed by atoms with Gasteiger partial charge in [0.15, 0.2) is 5.69 Å². The van der Waals surface area contributed by atoms with Gasteiger partial charge in [-0.3, -0.25) is 9.59 Å². The smallest absolute Gasteiger partial charge is 0.417 e. The Kier molecular flexibility index (Phi) is 9.62. The standard InChI is InChI=1S/C33H39F3N6O3/c1-5-23-20-41(32(44)24-10-9-21(3)18-26(24)33(34,35)36)16-17-42(23)28-12-11-27(25-8-7-14-37-31(25)45-6-2)39-29(28)30(43)38-22-13-15-40(4)19-22/h7-12,14,18,22-23H,5-6,13,15-17,19-20H2,1-4H3,(H,38,43)/t22-,23-/m1/s1. The second-order valence-corrected chi connectivity index (χ2v) is 11.6. The molecule has 2 fully saturated rings. The van der Waals surface area contributed by atoms with Gasteiger partial charge >= 0.3 is 6.18 Å². The summed E-state index contributed by atoms with van der Waals surface area (Å²) >= 11 is 0. The Morgan fingerprint density at radius 2 is 1.87 bits per heavy atom. The van der Waals surface area contributed by atoms with Crippen LogP contribution in [0.5, 0.6) is 5.88 Å². The van der Waals surface area contributed by atoms with Crippen molar-refractivity contribution < 1.29 is 27.5 Å². The van der Waals surface area contributed by atoms with Gasteiger partial charge in [-0.25, -0.2) is 9.97 Å². The molecule has 3 aromatic rings. The van der Waals surface area contributed by atoms with Crippen molar-refractivity contribution in [1.82, 2.24) is 25.1 Å². The topological polar surface area (TPSA) is 90.9 Å². The SMILES string of the molecule is CCOc1ncccc1-c1ccc(N2CCN(C(=O)c3ccc(C)cc3C(F)(F)F)C[C@H]2CC)c(C(=O)N[C@@H]2CCN(C)C2)n1. The lowest BCUT2D eigenvalue weighted by atomic mass is 10.0. The summed E-state index contributed by atoms with van der Waals surface area (Å²) in [5.74, 6) is -0.550. The molecule has 1 aromatic carbocycles. The van der Waals surface area contributed by atoms with E-state index in [1.807, 2.05) is 44.0 Å². The Hall–Kier alpha value is -4.19. The van der Waals surface area contributed by atoms with Gasteiger partial charge in [-0.05, 0) is 76.7 Å². The fourth-order valence-electron chi connectivity index (χ4n) is 6.10. The Bertz CT molecular complexity index is 1550. The van der Waals surface area contributed by atoms with Crippen molar-refractivity contribution >= 4 is 17.5 Å². The molecule has 2 saturated heterocycles. The summed E-state index contributed by atoms with van der Waals surface area (Å²) in [5.41, 5.74) is 1.18. The number of pyridine rings is 2. The molecule has 2 aromatic heterocycles. The molecule has 2 amide bonds. The molecule has 240 valence electrons. The summed E-state index contributed by atoms with van der Waals surface area (Å²) in [6.45, 7) is 8.13. The van der Waals surface area contributed by atoms with Crippen LogP contribution in [0.2, 0.25) is 0 Å². The molecule has 0 bridgehead atoms. The number of aromatic nitrogens is 2. The van der Waals surface area contributed by atoms with Gasteiger partial charge < -0.3 is 24.8 Å². The van der Waals surface area contributed by atoms with Crippen LogP contribution in [0.1, 0.15) is 58.7 Å². The maximum atomic E-state index is 13.9. The van der Waals surface area contributed by atoms with Crippen LogP contribution in [0.4, 0.5) is 18.9 Å². The number of nitrogens with zero attached hydrogens (tertiary/aromatic N) is 5. The number of piperazine rings is 1. The lowest BCUT2D eigenvalue weighted by molar-refractivity contribution is -0.138. The molecule has 0 aliphatic carbocycles. The first-order valence-electron chi connectivity index (χ1n) is 15.3. The number of likely N-dealkylation sites (tertiary alicyclic amines) is 1. The maximum absolute atomic E-state index is 13.9. The maximum Gasteiger partial charge on any atom is 0.417 e. The lowest BCUT2D eigenvalue weighted by Crippen LogP contribution is -2.55. The highest BCUT2D eigenvalue weighted by Crippen LogP contribution is 2.35. The zero-order valence-electron chi connectivity index (χ0n) is 26.0. The molecule has 2 atom stereocenters. The Morgan fingerprint density at radius 1 is 1.07 bits per heavy atom. The van der Waals surface area contributed by atoms with Gasteiger partial charge in [0.05, 0.1) is 34.7 Å². The van der Waals surface area contributed by atoms with Crippen molar-refractivity contribution in [2.75, 3.05) is 51.3 Å². The number of hydrogen-bond acceptors (Lipinski definition) is 7. The number of aryl methyl sites for hydroxylation is 1. The van der Waals surface area contributed by atoms with E-state index in [9.17, 15) is 22.8 Å². The van der Waals surface area contributed by atoms with E-state index in [-0.39, 0.29) is 42.3 Å². The molecule has 0 spiro atoms. The number of anilines is 1. The molecule has 45 heavy (non-hydrogen) atoms. The fraction of sp³-hybridized carbons (Fsp3) is 0.455. The molecule has 1 N–H and O–H groups in total. The van der Waals surface area contributed by atoms with Gasteiger partial charge in [-0.2, -0.15) is 13.2 Å². The Balaban J connectivity index is 1.47. The molecule has 2 aliphatic heterocycles. The van der Waals surface area contributed by atoms with E-state index in [2.05, 4.69) is 15.2 Å². The predicted octanol–water partition coefficient (Wildman–Crippen LogP) is 5.04. The number of halogens is 3. The summed E-state index contributed by atoms with van der Waals surface area (Å²) in [7, 11) is 2.01. The summed E-state index contributed by atoms with van der Waals surface area (Å²) in [6, 6.07) is 10.8. The molecular weight excluding hydrogens is 585 g/mol. The number of rotatable bonds is 8. The number of ether oxygens (including phenoxy) is 1. The highest BCUT2D eigenvalue weighted by molar-refractivity contribution is 5.99. The number of likely N-dealkylation sites (N-methyl/N-ethyl adjacent to an activating group) is 1. The number of hydrogen-bond donors (Lipinski definition) is 1. The van der Waals surface area contributed by atoms with E-state index < -0.39 is 17.6 Å². The molecule has 5 rings (SSSR count). The van der Waals surface area contributed by atoms with Crippen molar-refractivity contribution in [3.8, 4) is 17.1 Å². The van der Waals surface area contributed by atoms with Gasteiger partial charge in [0, 0.05) is 44.5 Å². The van der Waals surface area contributed by atoms with E-state index >= 15 is 0 Å². The molecule has 9 nitrogen and oxygen atoms in total. The number of benzene rings is 1. The van der Waals surface area contributed by atoms with Crippen molar-refractivity contribution in [1.29, 1.82) is 0 Å². The van der Waals surface area contributed by atoms with Gasteiger partial charge in [0.2, 0.25) is 5.88 Å². The van der Waals surface area contributed by atoms with E-state index in [0.29, 0.717) is 48.0 Å². The Morgan fingerprint density at radius 3 is 2.56 bits per heavy atom. The van der Waals surface area contributed by atoms with Gasteiger partial charge in [0.25, 0.3) is 11.8 Å². The second kappa shape index (κ2) is 13.4. The van der Waals surface area contributed by atoms with Crippen molar-refractivity contribution in [3.05, 3.63) is 71.0 Å². The molecule has 0 radical (unpaired) electrons. The van der Waals surface area contributed by atoms with Crippen LogP contribution in [0.3, 0.4) is 0 Å². The van der Waals surface area contributed by atoms with Crippen LogP contribution in [0, 0.1) is 6.92 Å². The van der Waals surface area contributed by atoms with E-state index in [4.69, 9.17) is 9.72 Å². The van der Waals surface area contributed by atoms with Crippen LogP contribution < -0.4 is 15.0 Å². The molecular formula is C33H39F3N6O3. The van der Waals surface area contributed by atoms with Crippen LogP contribution >= 0.6 is 0 Å². The van der Waals surface area contributed by atoms with Crippen molar-refractivity contribution in [2.24, 2.45) is 0 Å². The highest BCUT2D eigenvalue weighted by Gasteiger charge is 2.38. The first-order valence-corrected chi connectivity index (χ1v) is 15.3. The zero-order valence-corrected chi connectivity index (χ0v) is 26.0. The van der Waals surface area contributed by atoms with E-state index in [0.717, 1.165) is 25.6 Å². The van der Waals surface area contributed by atoms with E-state index in [1.54, 1.807) is 19.2 Å². The van der Waals surface area contributed by atoms with Gasteiger partial charge in [-0.15, -0.1) is 0 Å². The van der Waals surface area contributed by atoms with Crippen LogP contribution in [0.15, 0.2) is 48.7 Å². The zero-order chi connectivity index (χ0) is 32.3. The first-order chi connectivity index (χ1) is 21.5. The third kappa shape index (κ3) is 7.06. The Labute approximate surface area is 261 Å². The minimum atomic E-state index is -4.65. The molecule has 12 heteroatoms. The average Bonchev–Trinajstić information content (AvgIpc) is 3.44. The summed E-state index contributed by atoms with van der Waals surface area (Å²) < 4.78 is 47.3.